The molecular formula is C18H20Cl2N2O5S. The Morgan fingerprint density at radius 2 is 1.75 bits per heavy atom. The largest absolute Gasteiger partial charge is 0.497 e. The summed E-state index contributed by atoms with van der Waals surface area (Å²) in [5.41, 5.74) is 0.140. The topological polar surface area (TPSA) is 84.9 Å². The minimum absolute atomic E-state index is 0.140. The van der Waals surface area contributed by atoms with E-state index in [-0.39, 0.29) is 23.9 Å². The number of halogens is 2. The van der Waals surface area contributed by atoms with Crippen LogP contribution >= 0.6 is 23.2 Å². The van der Waals surface area contributed by atoms with Crippen molar-refractivity contribution >= 4 is 44.8 Å². The average Bonchev–Trinajstić information content (AvgIpc) is 2.65. The molecule has 0 saturated heterocycles. The summed E-state index contributed by atoms with van der Waals surface area (Å²) in [5.74, 6) is 0.833. The van der Waals surface area contributed by atoms with Gasteiger partial charge in [0.05, 0.1) is 30.6 Å². The van der Waals surface area contributed by atoms with Crippen molar-refractivity contribution in [2.45, 2.75) is 0 Å². The van der Waals surface area contributed by atoms with Crippen LogP contribution < -0.4 is 19.1 Å². The summed E-state index contributed by atoms with van der Waals surface area (Å²) >= 11 is 12.0. The predicted molar refractivity (Wildman–Crippen MR) is 110 cm³/mol. The lowest BCUT2D eigenvalue weighted by Crippen LogP contribution is -2.41. The molecule has 2 rings (SSSR count). The van der Waals surface area contributed by atoms with Gasteiger partial charge in [0.2, 0.25) is 15.9 Å². The average molecular weight is 447 g/mol. The molecule has 1 N–H and O–H groups in total. The fraction of sp³-hybridized carbons (Fsp3) is 0.278. The summed E-state index contributed by atoms with van der Waals surface area (Å²) < 4.78 is 35.7. The van der Waals surface area contributed by atoms with Crippen LogP contribution in [0.5, 0.6) is 11.5 Å². The van der Waals surface area contributed by atoms with Gasteiger partial charge in [-0.1, -0.05) is 23.2 Å². The highest BCUT2D eigenvalue weighted by atomic mass is 35.5. The van der Waals surface area contributed by atoms with Crippen LogP contribution in [-0.2, 0) is 14.8 Å². The summed E-state index contributed by atoms with van der Waals surface area (Å²) in [6, 6.07) is 11.4. The molecular weight excluding hydrogens is 427 g/mol. The standard InChI is InChI=1S/C18H20Cl2N2O5S/c1-26-14-4-6-15(7-5-14)27-10-9-21-18(23)12-22(28(2,24)25)17-11-13(19)3-8-16(17)20/h3-8,11H,9-10,12H2,1-2H3,(H,21,23). The maximum atomic E-state index is 12.2. The van der Waals surface area contributed by atoms with Crippen molar-refractivity contribution in [3.8, 4) is 11.5 Å². The lowest BCUT2D eigenvalue weighted by atomic mass is 10.3. The minimum Gasteiger partial charge on any atom is -0.497 e. The normalized spacial score (nSPS) is 11.0. The molecule has 0 aliphatic rings. The number of hydrogen-bond acceptors (Lipinski definition) is 5. The Kier molecular flexibility index (Phi) is 7.79. The molecule has 10 heteroatoms. The Morgan fingerprint density at radius 1 is 1.11 bits per heavy atom. The van der Waals surface area contributed by atoms with Gasteiger partial charge in [0, 0.05) is 5.02 Å². The molecule has 0 aliphatic heterocycles. The van der Waals surface area contributed by atoms with Gasteiger partial charge in [-0.15, -0.1) is 0 Å². The Bertz CT molecular complexity index is 920. The first kappa shape index (κ1) is 22.1. The molecule has 0 aromatic heterocycles. The van der Waals surface area contributed by atoms with Crippen molar-refractivity contribution < 1.29 is 22.7 Å². The van der Waals surface area contributed by atoms with Crippen LogP contribution in [0.3, 0.4) is 0 Å². The fourth-order valence-corrected chi connectivity index (χ4v) is 3.57. The Morgan fingerprint density at radius 3 is 2.36 bits per heavy atom. The first-order valence-electron chi connectivity index (χ1n) is 8.17. The lowest BCUT2D eigenvalue weighted by Gasteiger charge is -2.23. The molecule has 0 unspecified atom stereocenters. The van der Waals surface area contributed by atoms with Crippen molar-refractivity contribution in [1.29, 1.82) is 0 Å². The van der Waals surface area contributed by atoms with Gasteiger partial charge in [-0.25, -0.2) is 8.42 Å². The zero-order valence-electron chi connectivity index (χ0n) is 15.3. The summed E-state index contributed by atoms with van der Waals surface area (Å²) in [5, 5.41) is 3.09. The number of methoxy groups -OCH3 is 1. The number of anilines is 1. The van der Waals surface area contributed by atoms with Crippen LogP contribution in [0.15, 0.2) is 42.5 Å². The van der Waals surface area contributed by atoms with E-state index >= 15 is 0 Å². The number of rotatable bonds is 9. The molecule has 2 aromatic carbocycles. The smallest absolute Gasteiger partial charge is 0.240 e. The number of carbonyl (C=O) groups is 1. The highest BCUT2D eigenvalue weighted by Gasteiger charge is 2.23. The maximum Gasteiger partial charge on any atom is 0.240 e. The van der Waals surface area contributed by atoms with E-state index in [4.69, 9.17) is 32.7 Å². The number of amides is 1. The monoisotopic (exact) mass is 446 g/mol. The molecule has 0 atom stereocenters. The van der Waals surface area contributed by atoms with Gasteiger partial charge in [-0.05, 0) is 42.5 Å². The van der Waals surface area contributed by atoms with Crippen LogP contribution in [0.25, 0.3) is 0 Å². The van der Waals surface area contributed by atoms with Crippen LogP contribution in [0, 0.1) is 0 Å². The second kappa shape index (κ2) is 9.86. The number of hydrogen-bond donors (Lipinski definition) is 1. The molecule has 0 radical (unpaired) electrons. The third-order valence-corrected chi connectivity index (χ3v) is 5.30. The van der Waals surface area contributed by atoms with Crippen LogP contribution in [0.4, 0.5) is 5.69 Å². The van der Waals surface area contributed by atoms with E-state index in [0.29, 0.717) is 16.5 Å². The number of nitrogens with one attached hydrogen (secondary N) is 1. The molecule has 0 fully saturated rings. The molecule has 7 nitrogen and oxygen atoms in total. The number of ether oxygens (including phenoxy) is 2. The minimum atomic E-state index is -3.75. The molecule has 0 spiro atoms. The molecule has 152 valence electrons. The van der Waals surface area contributed by atoms with E-state index in [9.17, 15) is 13.2 Å². The SMILES string of the molecule is COc1ccc(OCCNC(=O)CN(c2cc(Cl)ccc2Cl)S(C)(=O)=O)cc1. The quantitative estimate of drug-likeness (QED) is 0.598. The van der Waals surface area contributed by atoms with Gasteiger partial charge >= 0.3 is 0 Å². The van der Waals surface area contributed by atoms with Crippen molar-refractivity contribution in [2.24, 2.45) is 0 Å². The van der Waals surface area contributed by atoms with E-state index in [0.717, 1.165) is 10.6 Å². The second-order valence-corrected chi connectivity index (χ2v) is 8.49. The van der Waals surface area contributed by atoms with Gasteiger partial charge in [0.25, 0.3) is 0 Å². The lowest BCUT2D eigenvalue weighted by molar-refractivity contribution is -0.119. The van der Waals surface area contributed by atoms with Crippen LogP contribution in [-0.4, -0.2) is 47.4 Å². The second-order valence-electron chi connectivity index (χ2n) is 5.74. The van der Waals surface area contributed by atoms with E-state index in [2.05, 4.69) is 5.32 Å². The number of benzene rings is 2. The molecule has 0 bridgehead atoms. The van der Waals surface area contributed by atoms with E-state index in [1.807, 2.05) is 0 Å². The summed E-state index contributed by atoms with van der Waals surface area (Å²) in [4.78, 5) is 12.2. The molecule has 0 aliphatic carbocycles. The summed E-state index contributed by atoms with van der Waals surface area (Å²) in [7, 11) is -2.18. The maximum absolute atomic E-state index is 12.2. The van der Waals surface area contributed by atoms with E-state index in [1.54, 1.807) is 31.4 Å². The Hall–Kier alpha value is -2.16. The summed E-state index contributed by atoms with van der Waals surface area (Å²) in [6.07, 6.45) is 0.990. The Labute approximate surface area is 174 Å². The zero-order chi connectivity index (χ0) is 20.7. The van der Waals surface area contributed by atoms with Gasteiger partial charge in [0.15, 0.2) is 0 Å². The third kappa shape index (κ3) is 6.47. The van der Waals surface area contributed by atoms with Crippen LogP contribution in [0.1, 0.15) is 0 Å². The number of nitrogens with zero attached hydrogens (tertiary/aromatic N) is 1. The number of sulfonamides is 1. The predicted octanol–water partition coefficient (Wildman–Crippen LogP) is 2.96. The van der Waals surface area contributed by atoms with Gasteiger partial charge in [0.1, 0.15) is 24.7 Å². The Balaban J connectivity index is 1.92. The van der Waals surface area contributed by atoms with Crippen molar-refractivity contribution in [3.63, 3.8) is 0 Å². The molecule has 1 amide bonds. The van der Waals surface area contributed by atoms with E-state index in [1.165, 1.54) is 18.2 Å². The van der Waals surface area contributed by atoms with Crippen molar-refractivity contribution in [3.05, 3.63) is 52.5 Å². The molecule has 2 aromatic rings. The molecule has 28 heavy (non-hydrogen) atoms. The highest BCUT2D eigenvalue weighted by Crippen LogP contribution is 2.30. The first-order chi connectivity index (χ1) is 13.2. The molecule has 0 saturated carbocycles. The van der Waals surface area contributed by atoms with E-state index < -0.39 is 22.5 Å². The number of carbonyl (C=O) groups excluding carboxylic acids is 1. The van der Waals surface area contributed by atoms with Crippen LogP contribution in [0.2, 0.25) is 10.0 Å². The molecule has 0 heterocycles. The zero-order valence-corrected chi connectivity index (χ0v) is 17.6. The summed E-state index contributed by atoms with van der Waals surface area (Å²) in [6.45, 7) is -0.0119. The van der Waals surface area contributed by atoms with Gasteiger partial charge in [-0.2, -0.15) is 0 Å². The van der Waals surface area contributed by atoms with Gasteiger partial charge < -0.3 is 14.8 Å². The van der Waals surface area contributed by atoms with Crippen molar-refractivity contribution in [1.82, 2.24) is 5.32 Å². The highest BCUT2D eigenvalue weighted by molar-refractivity contribution is 7.92. The fourth-order valence-electron chi connectivity index (χ4n) is 2.28. The van der Waals surface area contributed by atoms with Crippen molar-refractivity contribution in [2.75, 3.05) is 37.4 Å². The third-order valence-electron chi connectivity index (χ3n) is 3.62. The van der Waals surface area contributed by atoms with Gasteiger partial charge in [-0.3, -0.25) is 9.10 Å². The first-order valence-corrected chi connectivity index (χ1v) is 10.8.